The van der Waals surface area contributed by atoms with Crippen molar-refractivity contribution in [3.63, 3.8) is 0 Å². The van der Waals surface area contributed by atoms with Gasteiger partial charge < -0.3 is 24.6 Å². The highest BCUT2D eigenvalue weighted by Gasteiger charge is 2.24. The van der Waals surface area contributed by atoms with Crippen LogP contribution in [0.15, 0.2) is 34.9 Å². The number of carbonyl (C=O) groups is 3. The number of hydrogen-bond donors (Lipinski definition) is 2. The molecule has 3 rings (SSSR count). The average Bonchev–Trinajstić information content (AvgIpc) is 3.47. The Bertz CT molecular complexity index is 954. The lowest BCUT2D eigenvalue weighted by Gasteiger charge is -2.25. The monoisotopic (exact) mass is 458 g/mol. The van der Waals surface area contributed by atoms with Crippen molar-refractivity contribution >= 4 is 29.2 Å². The van der Waals surface area contributed by atoms with Gasteiger partial charge in [0, 0.05) is 32.1 Å². The molecule has 1 aromatic carbocycles. The molecule has 1 aliphatic heterocycles. The Hall–Kier alpha value is -3.40. The van der Waals surface area contributed by atoms with E-state index in [-0.39, 0.29) is 49.0 Å². The highest BCUT2D eigenvalue weighted by Crippen LogP contribution is 2.28. The van der Waals surface area contributed by atoms with Crippen molar-refractivity contribution in [2.45, 2.75) is 45.6 Å². The molecule has 0 aliphatic carbocycles. The summed E-state index contributed by atoms with van der Waals surface area (Å²) in [4.78, 5) is 39.3. The van der Waals surface area contributed by atoms with Gasteiger partial charge in [-0.25, -0.2) is 0 Å². The summed E-state index contributed by atoms with van der Waals surface area (Å²) in [6.07, 6.45) is 1.70. The standard InChI is InChI=1S/C23H30N4O6/c1-3-31-19-9-5-4-8-18(19)27(15-22(29)24-14-17-7-6-12-32-17)23(30)11-10-21(28)25-20-13-16(2)33-26-20/h4-5,8-9,13,17H,3,6-7,10-12,14-15H2,1-2H3,(H,24,29)(H,25,26,28)/t17-/m1/s1. The highest BCUT2D eigenvalue weighted by atomic mass is 16.5. The van der Waals surface area contributed by atoms with Crippen molar-refractivity contribution in [2.24, 2.45) is 0 Å². The number of ether oxygens (including phenoxy) is 2. The predicted molar refractivity (Wildman–Crippen MR) is 121 cm³/mol. The SMILES string of the molecule is CCOc1ccccc1N(CC(=O)NC[C@H]1CCCO1)C(=O)CCC(=O)Nc1cc(C)on1. The first kappa shape index (κ1) is 24.2. The smallest absolute Gasteiger partial charge is 0.240 e. The Balaban J connectivity index is 1.65. The fraction of sp³-hybridized carbons (Fsp3) is 0.478. The molecule has 2 aromatic rings. The second-order valence-electron chi connectivity index (χ2n) is 7.69. The minimum absolute atomic E-state index is 0.00215. The molecule has 1 aromatic heterocycles. The zero-order valence-corrected chi connectivity index (χ0v) is 19.0. The summed E-state index contributed by atoms with van der Waals surface area (Å²) in [5, 5.41) is 9.13. The van der Waals surface area contributed by atoms with Crippen molar-refractivity contribution in [1.82, 2.24) is 10.5 Å². The predicted octanol–water partition coefficient (Wildman–Crippen LogP) is 2.43. The number of hydrogen-bond acceptors (Lipinski definition) is 7. The van der Waals surface area contributed by atoms with Crippen LogP contribution in [0.25, 0.3) is 0 Å². The molecular formula is C23H30N4O6. The summed E-state index contributed by atoms with van der Waals surface area (Å²) < 4.78 is 16.1. The molecule has 2 N–H and O–H groups in total. The van der Waals surface area contributed by atoms with Gasteiger partial charge in [0.05, 0.1) is 18.4 Å². The molecule has 1 aliphatic rings. The number of anilines is 2. The zero-order chi connectivity index (χ0) is 23.6. The lowest BCUT2D eigenvalue weighted by atomic mass is 10.2. The fourth-order valence-corrected chi connectivity index (χ4v) is 3.48. The van der Waals surface area contributed by atoms with Gasteiger partial charge in [-0.2, -0.15) is 0 Å². The van der Waals surface area contributed by atoms with Crippen LogP contribution >= 0.6 is 0 Å². The van der Waals surface area contributed by atoms with E-state index in [2.05, 4.69) is 15.8 Å². The van der Waals surface area contributed by atoms with Crippen LogP contribution in [0.4, 0.5) is 11.5 Å². The molecule has 10 nitrogen and oxygen atoms in total. The molecule has 178 valence electrons. The number of para-hydroxylation sites is 2. The van der Waals surface area contributed by atoms with E-state index in [0.29, 0.717) is 37.0 Å². The third-order valence-electron chi connectivity index (χ3n) is 5.07. The molecule has 10 heteroatoms. The molecule has 0 saturated carbocycles. The van der Waals surface area contributed by atoms with Crippen LogP contribution in [0, 0.1) is 6.92 Å². The van der Waals surface area contributed by atoms with Crippen molar-refractivity contribution < 1.29 is 28.4 Å². The van der Waals surface area contributed by atoms with Crippen LogP contribution in [-0.4, -0.2) is 55.3 Å². The van der Waals surface area contributed by atoms with Crippen LogP contribution in [-0.2, 0) is 19.1 Å². The largest absolute Gasteiger partial charge is 0.492 e. The quantitative estimate of drug-likeness (QED) is 0.530. The number of carbonyl (C=O) groups excluding carboxylic acids is 3. The summed E-state index contributed by atoms with van der Waals surface area (Å²) in [6.45, 7) is 4.86. The maximum Gasteiger partial charge on any atom is 0.240 e. The number of nitrogens with zero attached hydrogens (tertiary/aromatic N) is 2. The van der Waals surface area contributed by atoms with Crippen molar-refractivity contribution in [3.8, 4) is 5.75 Å². The number of aryl methyl sites for hydroxylation is 1. The van der Waals surface area contributed by atoms with Crippen molar-refractivity contribution in [3.05, 3.63) is 36.1 Å². The number of benzene rings is 1. The Morgan fingerprint density at radius 3 is 2.73 bits per heavy atom. The molecule has 0 bridgehead atoms. The second-order valence-corrected chi connectivity index (χ2v) is 7.69. The van der Waals surface area contributed by atoms with E-state index in [1.807, 2.05) is 6.92 Å². The normalized spacial score (nSPS) is 15.2. The third-order valence-corrected chi connectivity index (χ3v) is 5.07. The summed E-state index contributed by atoms with van der Waals surface area (Å²) in [5.74, 6) is 0.278. The van der Waals surface area contributed by atoms with Gasteiger partial charge in [-0.1, -0.05) is 17.3 Å². The Kier molecular flexibility index (Phi) is 8.82. The number of rotatable bonds is 11. The molecule has 0 unspecified atom stereocenters. The third kappa shape index (κ3) is 7.31. The second kappa shape index (κ2) is 12.0. The van der Waals surface area contributed by atoms with Crippen molar-refractivity contribution in [1.29, 1.82) is 0 Å². The van der Waals surface area contributed by atoms with Crippen LogP contribution in [0.3, 0.4) is 0 Å². The lowest BCUT2D eigenvalue weighted by Crippen LogP contribution is -2.43. The van der Waals surface area contributed by atoms with E-state index >= 15 is 0 Å². The lowest BCUT2D eigenvalue weighted by molar-refractivity contribution is -0.125. The number of nitrogens with one attached hydrogen (secondary N) is 2. The van der Waals surface area contributed by atoms with E-state index in [1.165, 1.54) is 4.90 Å². The summed E-state index contributed by atoms with van der Waals surface area (Å²) in [6, 6.07) is 8.60. The zero-order valence-electron chi connectivity index (χ0n) is 19.0. The van der Waals surface area contributed by atoms with Gasteiger partial charge in [0.15, 0.2) is 5.82 Å². The average molecular weight is 459 g/mol. The van der Waals surface area contributed by atoms with Gasteiger partial charge in [0.2, 0.25) is 17.7 Å². The highest BCUT2D eigenvalue weighted by molar-refractivity contribution is 6.02. The molecule has 33 heavy (non-hydrogen) atoms. The van der Waals surface area contributed by atoms with Gasteiger partial charge in [-0.3, -0.25) is 19.3 Å². The summed E-state index contributed by atoms with van der Waals surface area (Å²) in [5.41, 5.74) is 0.476. The molecule has 1 atom stereocenters. The van der Waals surface area contributed by atoms with E-state index < -0.39 is 0 Å². The maximum absolute atomic E-state index is 13.1. The molecule has 1 saturated heterocycles. The first-order valence-corrected chi connectivity index (χ1v) is 11.1. The van der Waals surface area contributed by atoms with E-state index in [4.69, 9.17) is 14.0 Å². The number of amides is 3. The molecule has 2 heterocycles. The van der Waals surface area contributed by atoms with E-state index in [1.54, 1.807) is 37.3 Å². The topological polar surface area (TPSA) is 123 Å². The van der Waals surface area contributed by atoms with Gasteiger partial charge in [-0.05, 0) is 38.8 Å². The first-order valence-electron chi connectivity index (χ1n) is 11.1. The van der Waals surface area contributed by atoms with Gasteiger partial charge in [-0.15, -0.1) is 0 Å². The molecule has 0 spiro atoms. The molecule has 0 radical (unpaired) electrons. The van der Waals surface area contributed by atoms with E-state index in [0.717, 1.165) is 12.8 Å². The van der Waals surface area contributed by atoms with Gasteiger partial charge >= 0.3 is 0 Å². The van der Waals surface area contributed by atoms with Crippen LogP contribution in [0.5, 0.6) is 5.75 Å². The van der Waals surface area contributed by atoms with Crippen LogP contribution in [0.2, 0.25) is 0 Å². The molecule has 1 fully saturated rings. The maximum atomic E-state index is 13.1. The molecule has 3 amide bonds. The Morgan fingerprint density at radius 2 is 2.03 bits per heavy atom. The minimum atomic E-state index is -0.377. The number of aromatic nitrogens is 1. The molecular weight excluding hydrogens is 428 g/mol. The van der Waals surface area contributed by atoms with Crippen LogP contribution in [0.1, 0.15) is 38.4 Å². The summed E-state index contributed by atoms with van der Waals surface area (Å²) in [7, 11) is 0. The Labute approximate surface area is 192 Å². The summed E-state index contributed by atoms with van der Waals surface area (Å²) >= 11 is 0. The van der Waals surface area contributed by atoms with Gasteiger partial charge in [0.25, 0.3) is 0 Å². The van der Waals surface area contributed by atoms with Gasteiger partial charge in [0.1, 0.15) is 18.1 Å². The Morgan fingerprint density at radius 1 is 1.21 bits per heavy atom. The van der Waals surface area contributed by atoms with Crippen LogP contribution < -0.4 is 20.3 Å². The van der Waals surface area contributed by atoms with E-state index in [9.17, 15) is 14.4 Å². The first-order chi connectivity index (χ1) is 16.0. The van der Waals surface area contributed by atoms with Crippen molar-refractivity contribution in [2.75, 3.05) is 36.5 Å². The fourth-order valence-electron chi connectivity index (χ4n) is 3.48. The minimum Gasteiger partial charge on any atom is -0.492 e.